The van der Waals surface area contributed by atoms with Crippen molar-refractivity contribution in [3.8, 4) is 0 Å². The Morgan fingerprint density at radius 3 is 2.29 bits per heavy atom. The highest BCUT2D eigenvalue weighted by atomic mass is 31.2. The Morgan fingerprint density at radius 1 is 1.19 bits per heavy atom. The Labute approximate surface area is 120 Å². The number of rotatable bonds is 9. The number of carboxylic acid groups (broad SMARTS) is 2. The van der Waals surface area contributed by atoms with E-state index in [1.807, 2.05) is 0 Å². The molecule has 0 saturated carbocycles. The molecule has 118 valence electrons. The van der Waals surface area contributed by atoms with Gasteiger partial charge in [0, 0.05) is 18.9 Å². The van der Waals surface area contributed by atoms with E-state index in [0.717, 1.165) is 0 Å². The molecule has 0 aromatic carbocycles. The summed E-state index contributed by atoms with van der Waals surface area (Å²) in [6.07, 6.45) is 5.67. The van der Waals surface area contributed by atoms with Crippen molar-refractivity contribution in [1.29, 1.82) is 0 Å². The second-order valence-corrected chi connectivity index (χ2v) is 6.35. The first kappa shape index (κ1) is 17.4. The van der Waals surface area contributed by atoms with E-state index in [-0.39, 0.29) is 6.42 Å². The van der Waals surface area contributed by atoms with Crippen LogP contribution in [0, 0.1) is 5.92 Å². The van der Waals surface area contributed by atoms with Crippen LogP contribution in [0.1, 0.15) is 19.3 Å². The molecule has 2 atom stereocenters. The second-order valence-electron chi connectivity index (χ2n) is 4.61. The van der Waals surface area contributed by atoms with Crippen LogP contribution in [-0.4, -0.2) is 47.1 Å². The van der Waals surface area contributed by atoms with E-state index in [4.69, 9.17) is 20.0 Å². The summed E-state index contributed by atoms with van der Waals surface area (Å²) in [5.74, 6) is -4.94. The van der Waals surface area contributed by atoms with Crippen molar-refractivity contribution in [3.05, 3.63) is 18.7 Å². The van der Waals surface area contributed by atoms with Gasteiger partial charge < -0.3 is 24.6 Å². The van der Waals surface area contributed by atoms with Crippen molar-refractivity contribution in [2.75, 3.05) is 0 Å². The molecule has 10 heteroatoms. The van der Waals surface area contributed by atoms with Gasteiger partial charge in [-0.05, 0) is 12.8 Å². The molecule has 1 rings (SSSR count). The SMILES string of the molecule is O=C(O)C(CCCCn1ccnc1)C(C(=O)O)P(=O)(O)O. The lowest BCUT2D eigenvalue weighted by atomic mass is 9.98. The third kappa shape index (κ3) is 5.30. The fourth-order valence-electron chi connectivity index (χ4n) is 2.04. The van der Waals surface area contributed by atoms with Gasteiger partial charge in [0.25, 0.3) is 0 Å². The van der Waals surface area contributed by atoms with Gasteiger partial charge in [-0.3, -0.25) is 14.2 Å². The summed E-state index contributed by atoms with van der Waals surface area (Å²) in [6.45, 7) is 0.569. The molecule has 1 aromatic rings. The van der Waals surface area contributed by atoms with Crippen LogP contribution in [0.4, 0.5) is 0 Å². The Morgan fingerprint density at radius 2 is 1.86 bits per heavy atom. The molecule has 4 N–H and O–H groups in total. The molecule has 0 aliphatic carbocycles. The minimum Gasteiger partial charge on any atom is -0.481 e. The minimum absolute atomic E-state index is 0.119. The van der Waals surface area contributed by atoms with Crippen LogP contribution in [-0.2, 0) is 20.7 Å². The summed E-state index contributed by atoms with van der Waals surface area (Å²) in [6, 6.07) is 0. The van der Waals surface area contributed by atoms with Crippen LogP contribution in [0.25, 0.3) is 0 Å². The van der Waals surface area contributed by atoms with Crippen LogP contribution in [0.15, 0.2) is 18.7 Å². The van der Waals surface area contributed by atoms with Gasteiger partial charge in [-0.1, -0.05) is 6.42 Å². The number of nitrogens with zero attached hydrogens (tertiary/aromatic N) is 2. The van der Waals surface area contributed by atoms with Gasteiger partial charge in [-0.25, -0.2) is 4.98 Å². The molecule has 0 spiro atoms. The predicted octanol–water partition coefficient (Wildman–Crippen LogP) is 0.385. The van der Waals surface area contributed by atoms with E-state index in [1.54, 1.807) is 23.3 Å². The molecular formula is C11H17N2O7P. The van der Waals surface area contributed by atoms with Crippen LogP contribution in [0.3, 0.4) is 0 Å². The monoisotopic (exact) mass is 320 g/mol. The molecule has 0 aliphatic heterocycles. The van der Waals surface area contributed by atoms with E-state index >= 15 is 0 Å². The number of carboxylic acids is 2. The number of hydrogen-bond acceptors (Lipinski definition) is 4. The second kappa shape index (κ2) is 7.35. The van der Waals surface area contributed by atoms with Gasteiger partial charge in [0.1, 0.15) is 0 Å². The summed E-state index contributed by atoms with van der Waals surface area (Å²) >= 11 is 0. The Hall–Kier alpha value is -1.70. The zero-order valence-corrected chi connectivity index (χ0v) is 12.0. The van der Waals surface area contributed by atoms with Gasteiger partial charge >= 0.3 is 19.5 Å². The Kier molecular flexibility index (Phi) is 6.07. The van der Waals surface area contributed by atoms with Crippen molar-refractivity contribution in [2.45, 2.75) is 31.5 Å². The average Bonchev–Trinajstić information content (AvgIpc) is 2.83. The van der Waals surface area contributed by atoms with Gasteiger partial charge in [-0.2, -0.15) is 0 Å². The summed E-state index contributed by atoms with van der Waals surface area (Å²) in [7, 11) is -5.03. The van der Waals surface area contributed by atoms with E-state index in [2.05, 4.69) is 4.98 Å². The van der Waals surface area contributed by atoms with E-state index in [1.165, 1.54) is 0 Å². The molecule has 0 bridgehead atoms. The molecule has 0 aliphatic rings. The number of aliphatic carboxylic acids is 2. The third-order valence-corrected chi connectivity index (χ3v) is 4.36. The highest BCUT2D eigenvalue weighted by Gasteiger charge is 2.45. The lowest BCUT2D eigenvalue weighted by molar-refractivity contribution is -0.148. The quantitative estimate of drug-likeness (QED) is 0.377. The maximum Gasteiger partial charge on any atom is 0.340 e. The Balaban J connectivity index is 2.62. The maximum atomic E-state index is 11.2. The van der Waals surface area contributed by atoms with Crippen LogP contribution in [0.5, 0.6) is 0 Å². The summed E-state index contributed by atoms with van der Waals surface area (Å²) in [5.41, 5.74) is -2.22. The standard InChI is InChI=1S/C11H17N2O7P/c14-10(15)8(9(11(16)17)21(18,19)20)3-1-2-5-13-6-4-12-7-13/h4,6-9H,1-3,5H2,(H,14,15)(H,16,17)(H2,18,19,20). The third-order valence-electron chi connectivity index (χ3n) is 3.05. The van der Waals surface area contributed by atoms with Gasteiger partial charge in [0.05, 0.1) is 12.2 Å². The van der Waals surface area contributed by atoms with Crippen molar-refractivity contribution >= 4 is 19.5 Å². The van der Waals surface area contributed by atoms with Crippen LogP contribution < -0.4 is 0 Å². The van der Waals surface area contributed by atoms with Crippen LogP contribution >= 0.6 is 7.60 Å². The minimum atomic E-state index is -5.03. The van der Waals surface area contributed by atoms with E-state index in [0.29, 0.717) is 19.4 Å². The largest absolute Gasteiger partial charge is 0.481 e. The lowest BCUT2D eigenvalue weighted by Crippen LogP contribution is -2.35. The van der Waals surface area contributed by atoms with E-state index < -0.39 is 31.1 Å². The Bertz CT molecular complexity index is 525. The first-order valence-electron chi connectivity index (χ1n) is 6.20. The van der Waals surface area contributed by atoms with Gasteiger partial charge in [-0.15, -0.1) is 0 Å². The molecule has 21 heavy (non-hydrogen) atoms. The van der Waals surface area contributed by atoms with E-state index in [9.17, 15) is 14.2 Å². The number of imidazole rings is 1. The zero-order valence-electron chi connectivity index (χ0n) is 11.1. The number of unbranched alkanes of at least 4 members (excludes halogenated alkanes) is 1. The number of aromatic nitrogens is 2. The highest BCUT2D eigenvalue weighted by Crippen LogP contribution is 2.46. The molecule has 0 radical (unpaired) electrons. The topological polar surface area (TPSA) is 150 Å². The summed E-state index contributed by atoms with van der Waals surface area (Å²) in [4.78, 5) is 43.9. The fraction of sp³-hybridized carbons (Fsp3) is 0.545. The van der Waals surface area contributed by atoms with Crippen LogP contribution in [0.2, 0.25) is 0 Å². The molecule has 1 heterocycles. The maximum absolute atomic E-state index is 11.2. The number of carbonyl (C=O) groups is 2. The first-order valence-corrected chi connectivity index (χ1v) is 7.88. The highest BCUT2D eigenvalue weighted by molar-refractivity contribution is 7.53. The average molecular weight is 320 g/mol. The molecule has 0 amide bonds. The molecule has 1 aromatic heterocycles. The zero-order chi connectivity index (χ0) is 16.0. The normalized spacial score (nSPS) is 14.6. The van der Waals surface area contributed by atoms with Crippen molar-refractivity contribution < 1.29 is 34.2 Å². The van der Waals surface area contributed by atoms with Crippen molar-refractivity contribution in [3.63, 3.8) is 0 Å². The molecule has 0 fully saturated rings. The molecular weight excluding hydrogens is 303 g/mol. The fourth-order valence-corrected chi connectivity index (χ4v) is 3.08. The number of aryl methyl sites for hydroxylation is 1. The first-order chi connectivity index (χ1) is 9.73. The number of hydrogen-bond donors (Lipinski definition) is 4. The van der Waals surface area contributed by atoms with Gasteiger partial charge in [0.15, 0.2) is 5.66 Å². The smallest absolute Gasteiger partial charge is 0.340 e. The predicted molar refractivity (Wildman–Crippen MR) is 70.7 cm³/mol. The van der Waals surface area contributed by atoms with Gasteiger partial charge in [0.2, 0.25) is 0 Å². The molecule has 9 nitrogen and oxygen atoms in total. The lowest BCUT2D eigenvalue weighted by Gasteiger charge is -2.21. The molecule has 2 unspecified atom stereocenters. The van der Waals surface area contributed by atoms with Crippen molar-refractivity contribution in [2.24, 2.45) is 5.92 Å². The molecule has 0 saturated heterocycles. The summed E-state index contributed by atoms with van der Waals surface area (Å²) in [5, 5.41) is 17.9. The van der Waals surface area contributed by atoms with Crippen molar-refractivity contribution in [1.82, 2.24) is 9.55 Å². The summed E-state index contributed by atoms with van der Waals surface area (Å²) < 4.78 is 12.9.